The maximum Gasteiger partial charge on any atom is 0.123 e. The summed E-state index contributed by atoms with van der Waals surface area (Å²) in [5, 5.41) is 0. The Balaban J connectivity index is 1.29. The molecule has 2 fully saturated rings. The highest BCUT2D eigenvalue weighted by Gasteiger charge is 2.37. The average molecular weight is 400 g/mol. The minimum atomic E-state index is -0.164. The first-order valence-electron chi connectivity index (χ1n) is 11.4. The van der Waals surface area contributed by atoms with Gasteiger partial charge in [0, 0.05) is 6.04 Å². The zero-order chi connectivity index (χ0) is 20.3. The summed E-state index contributed by atoms with van der Waals surface area (Å²) in [4.78, 5) is 2.74. The van der Waals surface area contributed by atoms with Gasteiger partial charge < -0.3 is 0 Å². The minimum Gasteiger partial charge on any atom is -0.296 e. The zero-order valence-electron chi connectivity index (χ0n) is 17.5. The van der Waals surface area contributed by atoms with Crippen molar-refractivity contribution in [1.29, 1.82) is 0 Å². The number of nitrogens with zero attached hydrogens (tertiary/aromatic N) is 1. The first kappa shape index (κ1) is 19.5. The van der Waals surface area contributed by atoms with Crippen molar-refractivity contribution in [3.8, 4) is 0 Å². The predicted octanol–water partition coefficient (Wildman–Crippen LogP) is 6.75. The van der Waals surface area contributed by atoms with Crippen LogP contribution in [0.5, 0.6) is 0 Å². The fraction of sp³-hybridized carbons (Fsp3) is 0.357. The SMILES string of the molecule is Fc1ccc(Cc2ccccc2C2CCN(C(c3ccccc3)C3CC3)CC2)cc1. The van der Waals surface area contributed by atoms with Gasteiger partial charge in [-0.1, -0.05) is 66.7 Å². The summed E-state index contributed by atoms with van der Waals surface area (Å²) >= 11 is 0. The second-order valence-electron chi connectivity index (χ2n) is 9.01. The maximum atomic E-state index is 13.3. The number of hydrogen-bond donors (Lipinski definition) is 0. The first-order valence-corrected chi connectivity index (χ1v) is 11.4. The third kappa shape index (κ3) is 4.34. The van der Waals surface area contributed by atoms with Gasteiger partial charge in [0.15, 0.2) is 0 Å². The molecule has 5 rings (SSSR count). The van der Waals surface area contributed by atoms with E-state index in [1.54, 1.807) is 12.1 Å². The van der Waals surface area contributed by atoms with E-state index in [9.17, 15) is 4.39 Å². The highest BCUT2D eigenvalue weighted by atomic mass is 19.1. The lowest BCUT2D eigenvalue weighted by Gasteiger charge is -2.38. The molecular weight excluding hydrogens is 369 g/mol. The number of rotatable bonds is 6. The number of piperidine rings is 1. The summed E-state index contributed by atoms with van der Waals surface area (Å²) in [6.45, 7) is 2.34. The van der Waals surface area contributed by atoms with Crippen molar-refractivity contribution in [1.82, 2.24) is 4.90 Å². The molecule has 2 heteroatoms. The van der Waals surface area contributed by atoms with Crippen LogP contribution in [0.2, 0.25) is 0 Å². The van der Waals surface area contributed by atoms with E-state index < -0.39 is 0 Å². The summed E-state index contributed by atoms with van der Waals surface area (Å²) in [6.07, 6.45) is 6.07. The van der Waals surface area contributed by atoms with Crippen molar-refractivity contribution in [2.75, 3.05) is 13.1 Å². The molecule has 0 spiro atoms. The Kier molecular flexibility index (Phi) is 5.68. The van der Waals surface area contributed by atoms with E-state index in [4.69, 9.17) is 0 Å². The Bertz CT molecular complexity index is 953. The molecule has 154 valence electrons. The second-order valence-corrected chi connectivity index (χ2v) is 9.01. The second kappa shape index (κ2) is 8.73. The van der Waals surface area contributed by atoms with Crippen LogP contribution in [0, 0.1) is 11.7 Å². The average Bonchev–Trinajstić information content (AvgIpc) is 3.62. The number of halogens is 1. The van der Waals surface area contributed by atoms with Crippen molar-refractivity contribution in [3.63, 3.8) is 0 Å². The molecule has 1 aliphatic heterocycles. The van der Waals surface area contributed by atoms with Gasteiger partial charge in [0.1, 0.15) is 5.82 Å². The van der Waals surface area contributed by atoms with Crippen LogP contribution in [0.25, 0.3) is 0 Å². The molecule has 1 aliphatic carbocycles. The predicted molar refractivity (Wildman–Crippen MR) is 121 cm³/mol. The molecule has 1 heterocycles. The molecule has 30 heavy (non-hydrogen) atoms. The standard InChI is InChI=1S/C28H30FN/c29-26-14-10-21(11-15-26)20-25-8-4-5-9-27(25)22-16-18-30(19-17-22)28(24-12-13-24)23-6-2-1-3-7-23/h1-11,14-15,22,24,28H,12-13,16-20H2. The largest absolute Gasteiger partial charge is 0.296 e. The van der Waals surface area contributed by atoms with Crippen LogP contribution in [0.4, 0.5) is 4.39 Å². The van der Waals surface area contributed by atoms with Crippen molar-refractivity contribution in [2.45, 2.75) is 44.1 Å². The Hall–Kier alpha value is -2.45. The van der Waals surface area contributed by atoms with Crippen LogP contribution in [0.3, 0.4) is 0 Å². The molecule has 0 bridgehead atoms. The van der Waals surface area contributed by atoms with E-state index in [0.717, 1.165) is 12.3 Å². The summed E-state index contributed by atoms with van der Waals surface area (Å²) in [5.41, 5.74) is 5.56. The van der Waals surface area contributed by atoms with Crippen molar-refractivity contribution in [2.24, 2.45) is 5.92 Å². The molecule has 2 aliphatic rings. The highest BCUT2D eigenvalue weighted by molar-refractivity contribution is 5.35. The molecule has 3 aromatic rings. The molecule has 0 amide bonds. The normalized spacial score (nSPS) is 19.0. The van der Waals surface area contributed by atoms with E-state index in [1.807, 2.05) is 12.1 Å². The third-order valence-electron chi connectivity index (χ3n) is 6.94. The lowest BCUT2D eigenvalue weighted by molar-refractivity contribution is 0.136. The quantitative estimate of drug-likeness (QED) is 0.443. The Morgan fingerprint density at radius 3 is 2.13 bits per heavy atom. The molecule has 1 atom stereocenters. The molecule has 1 saturated heterocycles. The fourth-order valence-electron chi connectivity index (χ4n) is 5.25. The first-order chi connectivity index (χ1) is 14.8. The lowest BCUT2D eigenvalue weighted by Crippen LogP contribution is -2.37. The lowest BCUT2D eigenvalue weighted by atomic mass is 9.84. The van der Waals surface area contributed by atoms with Gasteiger partial charge in [0.2, 0.25) is 0 Å². The van der Waals surface area contributed by atoms with E-state index in [0.29, 0.717) is 12.0 Å². The highest BCUT2D eigenvalue weighted by Crippen LogP contribution is 2.46. The summed E-state index contributed by atoms with van der Waals surface area (Å²) in [5.74, 6) is 1.30. The van der Waals surface area contributed by atoms with Crippen LogP contribution in [-0.4, -0.2) is 18.0 Å². The van der Waals surface area contributed by atoms with Gasteiger partial charge in [0.05, 0.1) is 0 Å². The Labute approximate surface area is 179 Å². The molecule has 1 saturated carbocycles. The van der Waals surface area contributed by atoms with Crippen LogP contribution in [-0.2, 0) is 6.42 Å². The fourth-order valence-corrected chi connectivity index (χ4v) is 5.25. The molecular formula is C28H30FN. The third-order valence-corrected chi connectivity index (χ3v) is 6.94. The zero-order valence-corrected chi connectivity index (χ0v) is 17.5. The van der Waals surface area contributed by atoms with Gasteiger partial charge in [0.25, 0.3) is 0 Å². The van der Waals surface area contributed by atoms with E-state index in [2.05, 4.69) is 59.5 Å². The van der Waals surface area contributed by atoms with Gasteiger partial charge in [-0.3, -0.25) is 4.90 Å². The Morgan fingerprint density at radius 2 is 1.43 bits per heavy atom. The summed E-state index contributed by atoms with van der Waals surface area (Å²) in [6, 6.07) is 27.5. The van der Waals surface area contributed by atoms with E-state index in [1.165, 1.54) is 61.0 Å². The van der Waals surface area contributed by atoms with Crippen molar-refractivity contribution < 1.29 is 4.39 Å². The maximum absolute atomic E-state index is 13.3. The van der Waals surface area contributed by atoms with Crippen molar-refractivity contribution >= 4 is 0 Å². The molecule has 0 radical (unpaired) electrons. The Morgan fingerprint density at radius 1 is 0.767 bits per heavy atom. The van der Waals surface area contributed by atoms with Crippen LogP contribution in [0.1, 0.15) is 59.9 Å². The van der Waals surface area contributed by atoms with E-state index in [-0.39, 0.29) is 5.82 Å². The molecule has 3 aromatic carbocycles. The van der Waals surface area contributed by atoms with Crippen molar-refractivity contribution in [3.05, 3.63) is 107 Å². The van der Waals surface area contributed by atoms with Crippen LogP contribution in [0.15, 0.2) is 78.9 Å². The topological polar surface area (TPSA) is 3.24 Å². The minimum absolute atomic E-state index is 0.164. The van der Waals surface area contributed by atoms with Gasteiger partial charge >= 0.3 is 0 Å². The number of hydrogen-bond acceptors (Lipinski definition) is 1. The molecule has 1 unspecified atom stereocenters. The number of benzene rings is 3. The van der Waals surface area contributed by atoms with Gasteiger partial charge in [-0.05, 0) is 91.4 Å². The van der Waals surface area contributed by atoms with Crippen LogP contribution < -0.4 is 0 Å². The monoisotopic (exact) mass is 399 g/mol. The number of likely N-dealkylation sites (tertiary alicyclic amines) is 1. The summed E-state index contributed by atoms with van der Waals surface area (Å²) < 4.78 is 13.3. The van der Waals surface area contributed by atoms with E-state index >= 15 is 0 Å². The summed E-state index contributed by atoms with van der Waals surface area (Å²) in [7, 11) is 0. The van der Waals surface area contributed by atoms with Crippen LogP contribution >= 0.6 is 0 Å². The van der Waals surface area contributed by atoms with Gasteiger partial charge in [-0.15, -0.1) is 0 Å². The van der Waals surface area contributed by atoms with Gasteiger partial charge in [-0.2, -0.15) is 0 Å². The molecule has 0 N–H and O–H groups in total. The smallest absolute Gasteiger partial charge is 0.123 e. The molecule has 0 aromatic heterocycles. The molecule has 1 nitrogen and oxygen atoms in total. The van der Waals surface area contributed by atoms with Gasteiger partial charge in [-0.25, -0.2) is 4.39 Å².